The highest BCUT2D eigenvalue weighted by atomic mass is 32.2. The van der Waals surface area contributed by atoms with E-state index in [4.69, 9.17) is 10.5 Å². The summed E-state index contributed by atoms with van der Waals surface area (Å²) in [6.45, 7) is -0.103. The van der Waals surface area contributed by atoms with Crippen molar-refractivity contribution in [2.75, 3.05) is 13.1 Å². The summed E-state index contributed by atoms with van der Waals surface area (Å²) in [6.07, 6.45) is -4.30. The molecule has 0 saturated carbocycles. The van der Waals surface area contributed by atoms with Crippen LogP contribution in [0.3, 0.4) is 0 Å². The first-order valence-corrected chi connectivity index (χ1v) is 11.2. The van der Waals surface area contributed by atoms with E-state index in [-0.39, 0.29) is 38.1 Å². The lowest BCUT2D eigenvalue weighted by Gasteiger charge is -2.30. The molecule has 1 saturated heterocycles. The zero-order chi connectivity index (χ0) is 23.5. The Morgan fingerprint density at radius 3 is 2.34 bits per heavy atom. The molecule has 2 N–H and O–H groups in total. The number of benzene rings is 2. The molecule has 0 aliphatic carbocycles. The first-order valence-electron chi connectivity index (χ1n) is 9.71. The number of hydrogen-bond donors (Lipinski definition) is 1. The number of halogens is 3. The lowest BCUT2D eigenvalue weighted by Crippen LogP contribution is -2.40. The molecule has 0 spiro atoms. The number of piperidine rings is 1. The minimum atomic E-state index is -4.65. The Kier molecular flexibility index (Phi) is 6.89. The van der Waals surface area contributed by atoms with E-state index >= 15 is 0 Å². The van der Waals surface area contributed by atoms with Crippen molar-refractivity contribution in [2.24, 2.45) is 11.7 Å². The van der Waals surface area contributed by atoms with E-state index in [1.165, 1.54) is 12.1 Å². The van der Waals surface area contributed by atoms with Gasteiger partial charge in [-0.1, -0.05) is 18.2 Å². The lowest BCUT2D eigenvalue weighted by molar-refractivity contribution is -0.151. The van der Waals surface area contributed by atoms with Gasteiger partial charge in [-0.3, -0.25) is 9.59 Å². The van der Waals surface area contributed by atoms with E-state index in [0.717, 1.165) is 22.5 Å². The van der Waals surface area contributed by atoms with Crippen LogP contribution in [0.15, 0.2) is 53.4 Å². The van der Waals surface area contributed by atoms with Crippen molar-refractivity contribution in [2.45, 2.75) is 30.5 Å². The van der Waals surface area contributed by atoms with Gasteiger partial charge in [-0.05, 0) is 48.7 Å². The van der Waals surface area contributed by atoms with Gasteiger partial charge < -0.3 is 10.5 Å². The van der Waals surface area contributed by atoms with Gasteiger partial charge in [0.05, 0.1) is 16.4 Å². The second-order valence-corrected chi connectivity index (χ2v) is 9.31. The molecular weight excluding hydrogens is 449 g/mol. The van der Waals surface area contributed by atoms with Gasteiger partial charge in [0.2, 0.25) is 15.9 Å². The third-order valence-electron chi connectivity index (χ3n) is 5.18. The third kappa shape index (κ3) is 5.46. The molecule has 0 unspecified atom stereocenters. The van der Waals surface area contributed by atoms with Crippen molar-refractivity contribution in [1.29, 1.82) is 0 Å². The molecule has 2 aromatic carbocycles. The van der Waals surface area contributed by atoms with Crippen LogP contribution in [0.1, 0.15) is 34.3 Å². The van der Waals surface area contributed by atoms with Crippen molar-refractivity contribution in [3.8, 4) is 0 Å². The fraction of sp³-hybridized carbons (Fsp3) is 0.333. The van der Waals surface area contributed by atoms with E-state index in [2.05, 4.69) is 0 Å². The molecule has 1 aliphatic heterocycles. The Bertz CT molecular complexity index is 1110. The molecule has 1 amide bonds. The summed E-state index contributed by atoms with van der Waals surface area (Å²) >= 11 is 0. The van der Waals surface area contributed by atoms with E-state index in [0.29, 0.717) is 11.6 Å². The number of esters is 1. The van der Waals surface area contributed by atoms with Crippen molar-refractivity contribution in [1.82, 2.24) is 4.31 Å². The average molecular weight is 470 g/mol. The van der Waals surface area contributed by atoms with Gasteiger partial charge in [0.1, 0.15) is 6.61 Å². The molecule has 1 heterocycles. The number of sulfonamides is 1. The molecule has 2 aromatic rings. The zero-order valence-corrected chi connectivity index (χ0v) is 17.7. The Morgan fingerprint density at radius 2 is 1.72 bits per heavy atom. The highest BCUT2D eigenvalue weighted by Gasteiger charge is 2.35. The lowest BCUT2D eigenvalue weighted by atomic mass is 9.98. The number of nitrogens with two attached hydrogens (primary N) is 1. The van der Waals surface area contributed by atoms with Crippen LogP contribution in [0.5, 0.6) is 0 Å². The third-order valence-corrected chi connectivity index (χ3v) is 7.07. The predicted molar refractivity (Wildman–Crippen MR) is 108 cm³/mol. The van der Waals surface area contributed by atoms with Gasteiger partial charge in [0.25, 0.3) is 0 Å². The highest BCUT2D eigenvalue weighted by Crippen LogP contribution is 2.32. The number of carbonyl (C=O) groups is 2. The largest absolute Gasteiger partial charge is 0.461 e. The predicted octanol–water partition coefficient (Wildman–Crippen LogP) is 2.95. The number of primary amides is 1. The molecule has 1 aliphatic rings. The second-order valence-electron chi connectivity index (χ2n) is 7.38. The quantitative estimate of drug-likeness (QED) is 0.654. The van der Waals surface area contributed by atoms with Gasteiger partial charge in [-0.2, -0.15) is 17.5 Å². The standard InChI is InChI=1S/C21H21F3N2O5S/c22-21(23,24)17-5-2-6-18(12-17)32(29,30)26-9-7-15(8-10-26)20(28)31-13-14-3-1-4-16(11-14)19(25)27/h1-6,11-12,15H,7-10,13H2,(H2,25,27). The minimum absolute atomic E-state index is 0.0183. The molecule has 3 rings (SSSR count). The van der Waals surface area contributed by atoms with Crippen LogP contribution in [0, 0.1) is 5.92 Å². The molecule has 7 nitrogen and oxygen atoms in total. The Morgan fingerprint density at radius 1 is 1.06 bits per heavy atom. The zero-order valence-electron chi connectivity index (χ0n) is 16.8. The van der Waals surface area contributed by atoms with Crippen LogP contribution in [0.2, 0.25) is 0 Å². The molecule has 172 valence electrons. The number of carbonyl (C=O) groups excluding carboxylic acids is 2. The Balaban J connectivity index is 1.59. The van der Waals surface area contributed by atoms with Crippen LogP contribution in [-0.2, 0) is 32.3 Å². The minimum Gasteiger partial charge on any atom is -0.461 e. The van der Waals surface area contributed by atoms with Crippen LogP contribution in [0.25, 0.3) is 0 Å². The Labute approximate surface area is 183 Å². The van der Waals surface area contributed by atoms with Crippen molar-refractivity contribution in [3.63, 3.8) is 0 Å². The molecular formula is C21H21F3N2O5S. The maximum atomic E-state index is 12.9. The topological polar surface area (TPSA) is 107 Å². The molecule has 0 aromatic heterocycles. The summed E-state index contributed by atoms with van der Waals surface area (Å²) in [5, 5.41) is 0. The van der Waals surface area contributed by atoms with Gasteiger partial charge in [0, 0.05) is 18.7 Å². The summed E-state index contributed by atoms with van der Waals surface area (Å²) in [6, 6.07) is 9.91. The van der Waals surface area contributed by atoms with Crippen molar-refractivity contribution in [3.05, 3.63) is 65.2 Å². The number of nitrogens with zero attached hydrogens (tertiary/aromatic N) is 1. The van der Waals surface area contributed by atoms with E-state index in [1.807, 2.05) is 0 Å². The van der Waals surface area contributed by atoms with Gasteiger partial charge >= 0.3 is 12.1 Å². The van der Waals surface area contributed by atoms with Crippen LogP contribution >= 0.6 is 0 Å². The number of rotatable bonds is 6. The highest BCUT2D eigenvalue weighted by molar-refractivity contribution is 7.89. The first-order chi connectivity index (χ1) is 15.0. The fourth-order valence-electron chi connectivity index (χ4n) is 3.40. The summed E-state index contributed by atoms with van der Waals surface area (Å²) in [4.78, 5) is 23.1. The summed E-state index contributed by atoms with van der Waals surface area (Å²) < 4.78 is 70.6. The van der Waals surface area contributed by atoms with Crippen molar-refractivity contribution < 1.29 is 35.9 Å². The maximum absolute atomic E-state index is 12.9. The smallest absolute Gasteiger partial charge is 0.416 e. The number of ether oxygens (including phenoxy) is 1. The molecule has 0 bridgehead atoms. The summed E-state index contributed by atoms with van der Waals surface area (Å²) in [7, 11) is -4.12. The van der Waals surface area contributed by atoms with Crippen LogP contribution < -0.4 is 5.73 Å². The molecule has 11 heteroatoms. The molecule has 32 heavy (non-hydrogen) atoms. The maximum Gasteiger partial charge on any atom is 0.416 e. The second kappa shape index (κ2) is 9.29. The van der Waals surface area contributed by atoms with E-state index < -0.39 is 44.5 Å². The number of hydrogen-bond acceptors (Lipinski definition) is 5. The summed E-state index contributed by atoms with van der Waals surface area (Å²) in [5.41, 5.74) is 5.04. The van der Waals surface area contributed by atoms with Gasteiger partial charge in [-0.15, -0.1) is 0 Å². The first kappa shape index (κ1) is 23.7. The molecule has 0 radical (unpaired) electrons. The monoisotopic (exact) mass is 470 g/mol. The van der Waals surface area contributed by atoms with Gasteiger partial charge in [0.15, 0.2) is 0 Å². The SMILES string of the molecule is NC(=O)c1cccc(COC(=O)C2CCN(S(=O)(=O)c3cccc(C(F)(F)F)c3)CC2)c1. The van der Waals surface area contributed by atoms with Crippen molar-refractivity contribution >= 4 is 21.9 Å². The number of alkyl halides is 3. The normalized spacial score (nSPS) is 16.0. The van der Waals surface area contributed by atoms with Crippen LogP contribution in [0.4, 0.5) is 13.2 Å². The molecule has 1 fully saturated rings. The molecule has 0 atom stereocenters. The average Bonchev–Trinajstić information content (AvgIpc) is 2.77. The number of amides is 1. The Hall–Kier alpha value is -2.92. The van der Waals surface area contributed by atoms with Crippen LogP contribution in [-0.4, -0.2) is 37.7 Å². The summed E-state index contributed by atoms with van der Waals surface area (Å²) in [5.74, 6) is -1.65. The van der Waals surface area contributed by atoms with Gasteiger partial charge in [-0.25, -0.2) is 8.42 Å². The van der Waals surface area contributed by atoms with E-state index in [9.17, 15) is 31.2 Å². The fourth-order valence-corrected chi connectivity index (χ4v) is 4.92. The van der Waals surface area contributed by atoms with E-state index in [1.54, 1.807) is 12.1 Å².